The van der Waals surface area contributed by atoms with E-state index in [4.69, 9.17) is 14.2 Å². The molecule has 148 valence electrons. The highest BCUT2D eigenvalue weighted by Crippen LogP contribution is 2.19. The van der Waals surface area contributed by atoms with Gasteiger partial charge in [-0.2, -0.15) is 0 Å². The lowest BCUT2D eigenvalue weighted by molar-refractivity contribution is -0.138. The van der Waals surface area contributed by atoms with Crippen LogP contribution in [0.4, 0.5) is 0 Å². The Kier molecular flexibility index (Phi) is 7.41. The zero-order valence-corrected chi connectivity index (χ0v) is 16.3. The number of nitrogens with zero attached hydrogens (tertiary/aromatic N) is 1. The van der Waals surface area contributed by atoms with Gasteiger partial charge in [0.2, 0.25) is 0 Å². The smallest absolute Gasteiger partial charge is 0.331 e. The van der Waals surface area contributed by atoms with Gasteiger partial charge in [-0.25, -0.2) is 4.79 Å². The molecule has 5 heteroatoms. The molecule has 2 aromatic carbocycles. The van der Waals surface area contributed by atoms with E-state index in [2.05, 4.69) is 4.98 Å². The standard InChI is InChI=1S/C24H23NO4/c1-2-27-23-9-4-3-7-20(23)12-15-24(26)29-17-19-10-13-22(14-11-19)28-18-21-8-5-6-16-25-21/h3-16H,2,17-18H2,1H3/b15-12+. The molecule has 0 aliphatic heterocycles. The predicted octanol–water partition coefficient (Wildman–Crippen LogP) is 4.82. The second-order valence-electron chi connectivity index (χ2n) is 6.17. The van der Waals surface area contributed by atoms with E-state index in [1.54, 1.807) is 12.3 Å². The molecule has 0 unspecified atom stereocenters. The predicted molar refractivity (Wildman–Crippen MR) is 111 cm³/mol. The number of pyridine rings is 1. The number of aromatic nitrogens is 1. The fraction of sp³-hybridized carbons (Fsp3) is 0.167. The van der Waals surface area contributed by atoms with Crippen LogP contribution in [0.25, 0.3) is 6.08 Å². The van der Waals surface area contributed by atoms with Crippen molar-refractivity contribution in [2.75, 3.05) is 6.61 Å². The molecule has 0 saturated carbocycles. The van der Waals surface area contributed by atoms with Crippen molar-refractivity contribution in [3.05, 3.63) is 95.8 Å². The van der Waals surface area contributed by atoms with Crippen LogP contribution < -0.4 is 9.47 Å². The molecule has 5 nitrogen and oxygen atoms in total. The molecule has 0 bridgehead atoms. The van der Waals surface area contributed by atoms with Gasteiger partial charge in [0.15, 0.2) is 0 Å². The zero-order chi connectivity index (χ0) is 20.3. The van der Waals surface area contributed by atoms with Gasteiger partial charge in [-0.3, -0.25) is 4.98 Å². The average molecular weight is 389 g/mol. The summed E-state index contributed by atoms with van der Waals surface area (Å²) in [7, 11) is 0. The monoisotopic (exact) mass is 389 g/mol. The Labute approximate surface area is 170 Å². The Bertz CT molecular complexity index is 937. The molecule has 1 heterocycles. The Balaban J connectivity index is 1.47. The van der Waals surface area contributed by atoms with Crippen LogP contribution in [0, 0.1) is 0 Å². The van der Waals surface area contributed by atoms with E-state index < -0.39 is 5.97 Å². The first-order valence-electron chi connectivity index (χ1n) is 9.43. The number of esters is 1. The highest BCUT2D eigenvalue weighted by molar-refractivity contribution is 5.87. The molecule has 0 atom stereocenters. The summed E-state index contributed by atoms with van der Waals surface area (Å²) in [5.74, 6) is 1.06. The lowest BCUT2D eigenvalue weighted by Gasteiger charge is -2.07. The molecule has 0 saturated heterocycles. The minimum Gasteiger partial charge on any atom is -0.493 e. The molecule has 1 aromatic heterocycles. The van der Waals surface area contributed by atoms with E-state index in [9.17, 15) is 4.79 Å². The highest BCUT2D eigenvalue weighted by Gasteiger charge is 2.03. The third-order valence-corrected chi connectivity index (χ3v) is 4.04. The molecule has 3 aromatic rings. The number of hydrogen-bond donors (Lipinski definition) is 0. The number of carbonyl (C=O) groups is 1. The van der Waals surface area contributed by atoms with Crippen molar-refractivity contribution in [1.82, 2.24) is 4.98 Å². The summed E-state index contributed by atoms with van der Waals surface area (Å²) in [6, 6.07) is 20.7. The van der Waals surface area contributed by atoms with Crippen LogP contribution in [0.3, 0.4) is 0 Å². The Hall–Kier alpha value is -3.60. The minimum absolute atomic E-state index is 0.191. The molecular weight excluding hydrogens is 366 g/mol. The lowest BCUT2D eigenvalue weighted by Crippen LogP contribution is -2.01. The van der Waals surface area contributed by atoms with Crippen molar-refractivity contribution in [2.45, 2.75) is 20.1 Å². The van der Waals surface area contributed by atoms with Gasteiger partial charge in [0.05, 0.1) is 12.3 Å². The van der Waals surface area contributed by atoms with E-state index >= 15 is 0 Å². The number of benzene rings is 2. The Morgan fingerprint density at radius 3 is 2.48 bits per heavy atom. The largest absolute Gasteiger partial charge is 0.493 e. The van der Waals surface area contributed by atoms with E-state index in [1.165, 1.54) is 6.08 Å². The molecule has 0 amide bonds. The van der Waals surface area contributed by atoms with Crippen molar-refractivity contribution in [3.63, 3.8) is 0 Å². The molecule has 0 spiro atoms. The lowest BCUT2D eigenvalue weighted by atomic mass is 10.2. The van der Waals surface area contributed by atoms with Gasteiger partial charge in [0, 0.05) is 17.8 Å². The molecule has 0 N–H and O–H groups in total. The summed E-state index contributed by atoms with van der Waals surface area (Å²) in [5, 5.41) is 0. The van der Waals surface area contributed by atoms with E-state index in [0.29, 0.717) is 13.2 Å². The van der Waals surface area contributed by atoms with Crippen LogP contribution in [-0.2, 0) is 22.7 Å². The first kappa shape index (κ1) is 20.1. The van der Waals surface area contributed by atoms with Crippen molar-refractivity contribution in [2.24, 2.45) is 0 Å². The van der Waals surface area contributed by atoms with Gasteiger partial charge >= 0.3 is 5.97 Å². The fourth-order valence-corrected chi connectivity index (χ4v) is 2.59. The summed E-state index contributed by atoms with van der Waals surface area (Å²) in [5.41, 5.74) is 2.58. The molecule has 0 fully saturated rings. The van der Waals surface area contributed by atoms with Gasteiger partial charge in [-0.1, -0.05) is 36.4 Å². The first-order valence-corrected chi connectivity index (χ1v) is 9.43. The van der Waals surface area contributed by atoms with Gasteiger partial charge in [-0.05, 0) is 48.9 Å². The zero-order valence-electron chi connectivity index (χ0n) is 16.3. The second kappa shape index (κ2) is 10.7. The quantitative estimate of drug-likeness (QED) is 0.388. The van der Waals surface area contributed by atoms with Gasteiger partial charge < -0.3 is 14.2 Å². The van der Waals surface area contributed by atoms with E-state index in [-0.39, 0.29) is 6.61 Å². The van der Waals surface area contributed by atoms with Crippen LogP contribution >= 0.6 is 0 Å². The SMILES string of the molecule is CCOc1ccccc1/C=C/C(=O)OCc1ccc(OCc2ccccn2)cc1. The van der Waals surface area contributed by atoms with Crippen LogP contribution in [0.2, 0.25) is 0 Å². The van der Waals surface area contributed by atoms with Crippen LogP contribution in [0.1, 0.15) is 23.7 Å². The highest BCUT2D eigenvalue weighted by atomic mass is 16.5. The topological polar surface area (TPSA) is 57.7 Å². The van der Waals surface area contributed by atoms with Crippen molar-refractivity contribution in [1.29, 1.82) is 0 Å². The maximum absolute atomic E-state index is 12.0. The number of ether oxygens (including phenoxy) is 3. The van der Waals surface area contributed by atoms with E-state index in [0.717, 1.165) is 28.3 Å². The molecule has 0 aliphatic carbocycles. The molecule has 29 heavy (non-hydrogen) atoms. The molecule has 0 radical (unpaired) electrons. The number of rotatable bonds is 9. The van der Waals surface area contributed by atoms with Crippen molar-refractivity contribution >= 4 is 12.0 Å². The van der Waals surface area contributed by atoms with Gasteiger partial charge in [0.25, 0.3) is 0 Å². The summed E-state index contributed by atoms with van der Waals surface area (Å²) in [4.78, 5) is 16.2. The number of para-hydroxylation sites is 1. The second-order valence-corrected chi connectivity index (χ2v) is 6.17. The Morgan fingerprint density at radius 2 is 1.72 bits per heavy atom. The van der Waals surface area contributed by atoms with E-state index in [1.807, 2.05) is 73.7 Å². The van der Waals surface area contributed by atoms with Crippen LogP contribution in [0.15, 0.2) is 79.0 Å². The maximum Gasteiger partial charge on any atom is 0.331 e. The van der Waals surface area contributed by atoms with Gasteiger partial charge in [0.1, 0.15) is 24.7 Å². The molecule has 3 rings (SSSR count). The number of hydrogen-bond acceptors (Lipinski definition) is 5. The average Bonchev–Trinajstić information content (AvgIpc) is 2.77. The Morgan fingerprint density at radius 1 is 0.931 bits per heavy atom. The van der Waals surface area contributed by atoms with Crippen molar-refractivity contribution in [3.8, 4) is 11.5 Å². The summed E-state index contributed by atoms with van der Waals surface area (Å²) in [6.45, 7) is 3.08. The number of carbonyl (C=O) groups excluding carboxylic acids is 1. The third kappa shape index (κ3) is 6.50. The summed E-state index contributed by atoms with van der Waals surface area (Å²) >= 11 is 0. The minimum atomic E-state index is -0.410. The normalized spacial score (nSPS) is 10.7. The summed E-state index contributed by atoms with van der Waals surface area (Å²) < 4.78 is 16.5. The summed E-state index contributed by atoms with van der Waals surface area (Å²) in [6.07, 6.45) is 4.84. The molecule has 0 aliphatic rings. The molecular formula is C24H23NO4. The first-order chi connectivity index (χ1) is 14.2. The maximum atomic E-state index is 12.0. The van der Waals surface area contributed by atoms with Crippen LogP contribution in [-0.4, -0.2) is 17.6 Å². The van der Waals surface area contributed by atoms with Crippen LogP contribution in [0.5, 0.6) is 11.5 Å². The fourth-order valence-electron chi connectivity index (χ4n) is 2.59. The van der Waals surface area contributed by atoms with Gasteiger partial charge in [-0.15, -0.1) is 0 Å². The third-order valence-electron chi connectivity index (χ3n) is 4.04. The van der Waals surface area contributed by atoms with Crippen molar-refractivity contribution < 1.29 is 19.0 Å².